The van der Waals surface area contributed by atoms with Gasteiger partial charge in [0.2, 0.25) is 0 Å². The Balaban J connectivity index is 1.25. The predicted molar refractivity (Wildman–Crippen MR) is 139 cm³/mol. The highest BCUT2D eigenvalue weighted by Crippen LogP contribution is 2.26. The van der Waals surface area contributed by atoms with Crippen molar-refractivity contribution in [1.82, 2.24) is 20.1 Å². The van der Waals surface area contributed by atoms with Crippen molar-refractivity contribution in [3.63, 3.8) is 0 Å². The molecule has 0 atom stereocenters. The maximum absolute atomic E-state index is 4.41. The molecule has 1 fully saturated rings. The number of anilines is 1. The van der Waals surface area contributed by atoms with Gasteiger partial charge in [0.25, 0.3) is 0 Å². The Kier molecular flexibility index (Phi) is 5.97. The van der Waals surface area contributed by atoms with E-state index in [2.05, 4.69) is 109 Å². The summed E-state index contributed by atoms with van der Waals surface area (Å²) in [5.41, 5.74) is 6.58. The number of nitrogens with zero attached hydrogens (tertiary/aromatic N) is 3. The Labute approximate surface area is 196 Å². The van der Waals surface area contributed by atoms with Crippen molar-refractivity contribution >= 4 is 56.8 Å². The van der Waals surface area contributed by atoms with Gasteiger partial charge < -0.3 is 14.8 Å². The molecule has 0 aliphatic carbocycles. The summed E-state index contributed by atoms with van der Waals surface area (Å²) < 4.78 is 1.10. The highest BCUT2D eigenvalue weighted by Gasteiger charge is 2.14. The second kappa shape index (κ2) is 9.18. The van der Waals surface area contributed by atoms with Gasteiger partial charge in [0, 0.05) is 48.1 Å². The van der Waals surface area contributed by atoms with Crippen LogP contribution in [-0.4, -0.2) is 53.3 Å². The minimum Gasteiger partial charge on any atom is -0.369 e. The van der Waals surface area contributed by atoms with Crippen molar-refractivity contribution in [2.24, 2.45) is 0 Å². The largest absolute Gasteiger partial charge is 0.369 e. The Morgan fingerprint density at radius 1 is 0.906 bits per heavy atom. The van der Waals surface area contributed by atoms with E-state index in [1.54, 1.807) is 0 Å². The third kappa shape index (κ3) is 4.71. The van der Waals surface area contributed by atoms with E-state index in [9.17, 15) is 0 Å². The fourth-order valence-electron chi connectivity index (χ4n) is 3.97. The van der Waals surface area contributed by atoms with E-state index in [0.29, 0.717) is 0 Å². The molecule has 1 saturated heterocycles. The van der Waals surface area contributed by atoms with Gasteiger partial charge in [-0.15, -0.1) is 0 Å². The smallest absolute Gasteiger partial charge is 0.0854 e. The van der Waals surface area contributed by atoms with Crippen LogP contribution in [0.15, 0.2) is 59.2 Å². The van der Waals surface area contributed by atoms with Crippen molar-refractivity contribution in [3.05, 3.63) is 81.7 Å². The number of rotatable bonds is 5. The third-order valence-electron chi connectivity index (χ3n) is 5.94. The number of hydrogen-bond donors (Lipinski definition) is 2. The summed E-state index contributed by atoms with van der Waals surface area (Å²) >= 11 is 3.74. The normalized spacial score (nSPS) is 15.5. The van der Waals surface area contributed by atoms with E-state index < -0.39 is 0 Å². The van der Waals surface area contributed by atoms with Crippen molar-refractivity contribution in [3.8, 4) is 0 Å². The maximum Gasteiger partial charge on any atom is 0.0854 e. The summed E-state index contributed by atoms with van der Waals surface area (Å²) in [6.07, 6.45) is 10.2. The molecule has 1 aliphatic rings. The number of H-pyrrole nitrogens is 2. The zero-order valence-corrected chi connectivity index (χ0v) is 19.6. The summed E-state index contributed by atoms with van der Waals surface area (Å²) in [6, 6.07) is 17.1. The minimum absolute atomic E-state index is 0.903. The summed E-state index contributed by atoms with van der Waals surface area (Å²) in [5, 5.41) is 8.73. The number of benzene rings is 2. The average molecular weight is 488 g/mol. The number of fused-ring (bicyclic) bond motifs is 1. The van der Waals surface area contributed by atoms with Crippen LogP contribution in [0, 0.1) is 0 Å². The zero-order chi connectivity index (χ0) is 21.9. The van der Waals surface area contributed by atoms with Crippen molar-refractivity contribution in [2.45, 2.75) is 0 Å². The molecule has 6 heteroatoms. The van der Waals surface area contributed by atoms with Gasteiger partial charge in [-0.1, -0.05) is 46.3 Å². The quantitative estimate of drug-likeness (QED) is 0.377. The number of halogens is 1. The van der Waals surface area contributed by atoms with Crippen LogP contribution in [0.4, 0.5) is 5.69 Å². The van der Waals surface area contributed by atoms with Crippen LogP contribution < -0.4 is 4.90 Å². The molecule has 0 saturated carbocycles. The lowest BCUT2D eigenvalue weighted by atomic mass is 10.1. The minimum atomic E-state index is 0.903. The lowest BCUT2D eigenvalue weighted by Crippen LogP contribution is -2.44. The summed E-state index contributed by atoms with van der Waals surface area (Å²) in [7, 11) is 2.18. The first-order valence-corrected chi connectivity index (χ1v) is 11.7. The Hall–Kier alpha value is -3.09. The summed E-state index contributed by atoms with van der Waals surface area (Å²) in [5.74, 6) is 0. The van der Waals surface area contributed by atoms with Crippen LogP contribution in [0.3, 0.4) is 0 Å². The molecule has 0 radical (unpaired) electrons. The number of aromatic nitrogens is 3. The Morgan fingerprint density at radius 3 is 2.62 bits per heavy atom. The molecule has 0 bridgehead atoms. The first-order valence-electron chi connectivity index (χ1n) is 10.9. The molecule has 0 spiro atoms. The second-order valence-electron chi connectivity index (χ2n) is 8.24. The van der Waals surface area contributed by atoms with Crippen LogP contribution in [0.25, 0.3) is 35.2 Å². The first-order chi connectivity index (χ1) is 15.6. The molecule has 5 rings (SSSR count). The highest BCUT2D eigenvalue weighted by atomic mass is 79.9. The van der Waals surface area contributed by atoms with Gasteiger partial charge >= 0.3 is 0 Å². The number of piperazine rings is 1. The first kappa shape index (κ1) is 20.8. The summed E-state index contributed by atoms with van der Waals surface area (Å²) in [6.45, 7) is 4.36. The molecule has 0 amide bonds. The molecule has 162 valence electrons. The van der Waals surface area contributed by atoms with Gasteiger partial charge in [0.05, 0.1) is 11.4 Å². The topological polar surface area (TPSA) is 50.9 Å². The van der Waals surface area contributed by atoms with Crippen LogP contribution in [-0.2, 0) is 0 Å². The molecule has 5 nitrogen and oxygen atoms in total. The Morgan fingerprint density at radius 2 is 1.78 bits per heavy atom. The zero-order valence-electron chi connectivity index (χ0n) is 18.1. The standard InChI is InChI=1S/C26H26BrN5/c1-31-12-14-32(15-13-31)24-9-6-20(25(27)18-24)5-8-23-17-22(29-30-23)7-3-19-2-4-21-10-11-28-26(21)16-19/h2-11,16-18,28H,12-15H2,1H3,(H,29,30). The van der Waals surface area contributed by atoms with Gasteiger partial charge in [0.1, 0.15) is 0 Å². The van der Waals surface area contributed by atoms with Crippen molar-refractivity contribution in [1.29, 1.82) is 0 Å². The monoisotopic (exact) mass is 487 g/mol. The SMILES string of the molecule is CN1CCN(c2ccc(C=Cc3cc(C=Cc4ccc5cc[nH]c5c4)n[nH]3)c(Br)c2)CC1. The summed E-state index contributed by atoms with van der Waals surface area (Å²) in [4.78, 5) is 8.07. The van der Waals surface area contributed by atoms with Crippen LogP contribution >= 0.6 is 15.9 Å². The molecule has 1 aliphatic heterocycles. The fourth-order valence-corrected chi connectivity index (χ4v) is 4.47. The van der Waals surface area contributed by atoms with E-state index in [0.717, 1.165) is 58.7 Å². The van der Waals surface area contributed by atoms with Crippen LogP contribution in [0.2, 0.25) is 0 Å². The lowest BCUT2D eigenvalue weighted by Gasteiger charge is -2.34. The van der Waals surface area contributed by atoms with E-state index >= 15 is 0 Å². The van der Waals surface area contributed by atoms with E-state index in [-0.39, 0.29) is 0 Å². The molecule has 2 aromatic heterocycles. The number of likely N-dealkylation sites (N-methyl/N-ethyl adjacent to an activating group) is 1. The molecule has 4 aromatic rings. The van der Waals surface area contributed by atoms with Crippen molar-refractivity contribution in [2.75, 3.05) is 38.1 Å². The van der Waals surface area contributed by atoms with Gasteiger partial charge in [-0.2, -0.15) is 5.10 Å². The maximum atomic E-state index is 4.41. The van der Waals surface area contributed by atoms with Gasteiger partial charge in [0.15, 0.2) is 0 Å². The predicted octanol–water partition coefficient (Wildman–Crippen LogP) is 5.75. The van der Waals surface area contributed by atoms with Crippen LogP contribution in [0.5, 0.6) is 0 Å². The number of aromatic amines is 2. The molecular weight excluding hydrogens is 462 g/mol. The molecule has 3 heterocycles. The average Bonchev–Trinajstić information content (AvgIpc) is 3.46. The van der Waals surface area contributed by atoms with E-state index in [1.165, 1.54) is 11.1 Å². The molecule has 0 unspecified atom stereocenters. The molecule has 2 aromatic carbocycles. The van der Waals surface area contributed by atoms with Gasteiger partial charge in [-0.3, -0.25) is 5.10 Å². The number of hydrogen-bond acceptors (Lipinski definition) is 3. The fraction of sp³-hybridized carbons (Fsp3) is 0.192. The molecule has 2 N–H and O–H groups in total. The van der Waals surface area contributed by atoms with Gasteiger partial charge in [-0.05, 0) is 66.0 Å². The highest BCUT2D eigenvalue weighted by molar-refractivity contribution is 9.10. The molecular formula is C26H26BrN5. The Bertz CT molecular complexity index is 1270. The van der Waals surface area contributed by atoms with E-state index in [1.807, 2.05) is 18.3 Å². The number of nitrogens with one attached hydrogen (secondary N) is 2. The molecule has 32 heavy (non-hydrogen) atoms. The second-order valence-corrected chi connectivity index (χ2v) is 9.09. The van der Waals surface area contributed by atoms with Gasteiger partial charge in [-0.25, -0.2) is 0 Å². The van der Waals surface area contributed by atoms with Crippen LogP contribution in [0.1, 0.15) is 22.5 Å². The third-order valence-corrected chi connectivity index (χ3v) is 6.62. The van der Waals surface area contributed by atoms with E-state index in [4.69, 9.17) is 0 Å². The lowest BCUT2D eigenvalue weighted by molar-refractivity contribution is 0.313. The van der Waals surface area contributed by atoms with Crippen molar-refractivity contribution < 1.29 is 0 Å².